The molecule has 190 valence electrons. The predicted octanol–water partition coefficient (Wildman–Crippen LogP) is 6.00. The molecule has 3 heterocycles. The molecular formula is C27H46O6. The molecule has 0 aromatic heterocycles. The fraction of sp³-hybridized carbons (Fsp3) is 1.00. The van der Waals surface area contributed by atoms with Gasteiger partial charge >= 0.3 is 0 Å². The first-order valence-corrected chi connectivity index (χ1v) is 14.2. The molecule has 5 atom stereocenters. The second-order valence-corrected chi connectivity index (χ2v) is 11.0. The molecule has 0 amide bonds. The van der Waals surface area contributed by atoms with Crippen LogP contribution in [-0.4, -0.2) is 55.5 Å². The summed E-state index contributed by atoms with van der Waals surface area (Å²) in [7, 11) is 0. The third-order valence-corrected chi connectivity index (χ3v) is 8.38. The van der Waals surface area contributed by atoms with E-state index in [2.05, 4.69) is 6.92 Å². The van der Waals surface area contributed by atoms with Crippen LogP contribution in [0, 0.1) is 0 Å². The standard InChI is InChI=1S/C27H46O6/c1-2-3-4-5-6-7-14-19-28-20-21-22-23(31-26(30-22)15-10-8-11-16-26)24-25(29-21)33-27(32-24)17-12-9-13-18-27/h21-25H,2-20H2,1H3/t21-,22+,23+,24-,25-/m1/s1. The number of ether oxygens (including phenoxy) is 6. The maximum absolute atomic E-state index is 6.70. The van der Waals surface area contributed by atoms with E-state index in [1.807, 2.05) is 0 Å². The zero-order valence-corrected chi connectivity index (χ0v) is 20.8. The minimum atomic E-state index is -0.489. The van der Waals surface area contributed by atoms with Crippen molar-refractivity contribution in [3.05, 3.63) is 0 Å². The summed E-state index contributed by atoms with van der Waals surface area (Å²) in [6.07, 6.45) is 19.0. The largest absolute Gasteiger partial charge is 0.379 e. The molecule has 6 heteroatoms. The van der Waals surface area contributed by atoms with Gasteiger partial charge in [-0.15, -0.1) is 0 Å². The number of unbranched alkanes of at least 4 members (excludes halogenated alkanes) is 6. The second kappa shape index (κ2) is 11.2. The van der Waals surface area contributed by atoms with Crippen molar-refractivity contribution in [2.24, 2.45) is 0 Å². The molecule has 0 unspecified atom stereocenters. The van der Waals surface area contributed by atoms with Crippen molar-refractivity contribution in [2.75, 3.05) is 13.2 Å². The fourth-order valence-electron chi connectivity index (χ4n) is 6.53. The van der Waals surface area contributed by atoms with Crippen LogP contribution in [0.3, 0.4) is 0 Å². The lowest BCUT2D eigenvalue weighted by Crippen LogP contribution is -2.56. The maximum atomic E-state index is 6.70. The highest BCUT2D eigenvalue weighted by Gasteiger charge is 2.63. The van der Waals surface area contributed by atoms with Crippen molar-refractivity contribution in [3.8, 4) is 0 Å². The Bertz CT molecular complexity index is 599. The van der Waals surface area contributed by atoms with Gasteiger partial charge < -0.3 is 28.4 Å². The van der Waals surface area contributed by atoms with E-state index >= 15 is 0 Å². The van der Waals surface area contributed by atoms with Crippen LogP contribution in [0.25, 0.3) is 0 Å². The Morgan fingerprint density at radius 1 is 0.636 bits per heavy atom. The smallest absolute Gasteiger partial charge is 0.190 e. The van der Waals surface area contributed by atoms with Crippen molar-refractivity contribution in [1.82, 2.24) is 0 Å². The molecule has 0 radical (unpaired) electrons. The zero-order valence-electron chi connectivity index (χ0n) is 20.8. The first-order chi connectivity index (χ1) is 16.2. The summed E-state index contributed by atoms with van der Waals surface area (Å²) in [5, 5.41) is 0. The van der Waals surface area contributed by atoms with Gasteiger partial charge in [-0.05, 0) is 32.1 Å². The molecule has 33 heavy (non-hydrogen) atoms. The summed E-state index contributed by atoms with van der Waals surface area (Å²) in [5.74, 6) is -0.953. The Labute approximate surface area is 200 Å². The molecular weight excluding hydrogens is 420 g/mol. The number of fused-ring (bicyclic) bond motifs is 3. The van der Waals surface area contributed by atoms with E-state index < -0.39 is 11.6 Å². The topological polar surface area (TPSA) is 55.4 Å². The highest BCUT2D eigenvalue weighted by atomic mass is 16.9. The summed E-state index contributed by atoms with van der Waals surface area (Å²) in [6, 6.07) is 0. The van der Waals surface area contributed by atoms with Crippen LogP contribution < -0.4 is 0 Å². The lowest BCUT2D eigenvalue weighted by Gasteiger charge is -2.37. The molecule has 6 nitrogen and oxygen atoms in total. The molecule has 2 spiro atoms. The summed E-state index contributed by atoms with van der Waals surface area (Å²) >= 11 is 0. The van der Waals surface area contributed by atoms with Gasteiger partial charge in [-0.3, -0.25) is 0 Å². The van der Waals surface area contributed by atoms with Crippen LogP contribution in [0.2, 0.25) is 0 Å². The van der Waals surface area contributed by atoms with Crippen molar-refractivity contribution < 1.29 is 28.4 Å². The molecule has 0 N–H and O–H groups in total. The summed E-state index contributed by atoms with van der Waals surface area (Å²) in [6.45, 7) is 3.59. The Hall–Kier alpha value is -0.240. The monoisotopic (exact) mass is 466 g/mol. The van der Waals surface area contributed by atoms with Crippen LogP contribution >= 0.6 is 0 Å². The van der Waals surface area contributed by atoms with Crippen LogP contribution in [0.1, 0.15) is 116 Å². The Kier molecular flexibility index (Phi) is 8.31. The van der Waals surface area contributed by atoms with Crippen molar-refractivity contribution in [2.45, 2.75) is 158 Å². The van der Waals surface area contributed by atoms with E-state index in [0.717, 1.165) is 64.4 Å². The normalized spacial score (nSPS) is 36.8. The van der Waals surface area contributed by atoms with Crippen LogP contribution in [0.5, 0.6) is 0 Å². The van der Waals surface area contributed by atoms with E-state index in [1.165, 1.54) is 51.4 Å². The van der Waals surface area contributed by atoms with E-state index in [0.29, 0.717) is 6.61 Å². The van der Waals surface area contributed by atoms with Crippen molar-refractivity contribution in [1.29, 1.82) is 0 Å². The molecule has 2 aliphatic carbocycles. The second-order valence-electron chi connectivity index (χ2n) is 11.0. The third kappa shape index (κ3) is 5.62. The van der Waals surface area contributed by atoms with E-state index in [4.69, 9.17) is 28.4 Å². The molecule has 3 aliphatic heterocycles. The Balaban J connectivity index is 1.17. The zero-order chi connectivity index (χ0) is 22.6. The average Bonchev–Trinajstić information content (AvgIpc) is 3.37. The van der Waals surface area contributed by atoms with Gasteiger partial charge in [0.25, 0.3) is 0 Å². The SMILES string of the molecule is CCCCCCCCCOC[C@H]1O[C@@H]2OC3(CCCCC3)O[C@@H]2[C@H]2OC3(CCCCC3)O[C@H]21. The minimum Gasteiger partial charge on any atom is -0.379 e. The number of hydrogen-bond acceptors (Lipinski definition) is 6. The summed E-state index contributed by atoms with van der Waals surface area (Å²) in [5.41, 5.74) is 0. The summed E-state index contributed by atoms with van der Waals surface area (Å²) < 4.78 is 39.0. The maximum Gasteiger partial charge on any atom is 0.190 e. The Morgan fingerprint density at radius 3 is 1.91 bits per heavy atom. The molecule has 5 aliphatic rings. The van der Waals surface area contributed by atoms with Gasteiger partial charge in [0.1, 0.15) is 24.4 Å². The lowest BCUT2D eigenvalue weighted by atomic mass is 9.94. The third-order valence-electron chi connectivity index (χ3n) is 8.38. The fourth-order valence-corrected chi connectivity index (χ4v) is 6.53. The highest BCUT2D eigenvalue weighted by molar-refractivity contribution is 5.03. The van der Waals surface area contributed by atoms with Crippen molar-refractivity contribution >= 4 is 0 Å². The van der Waals surface area contributed by atoms with Crippen LogP contribution in [0.4, 0.5) is 0 Å². The van der Waals surface area contributed by atoms with Gasteiger partial charge in [0, 0.05) is 32.3 Å². The minimum absolute atomic E-state index is 0.129. The molecule has 0 aromatic rings. The average molecular weight is 467 g/mol. The van der Waals surface area contributed by atoms with Gasteiger partial charge in [-0.25, -0.2) is 0 Å². The van der Waals surface area contributed by atoms with Crippen molar-refractivity contribution in [3.63, 3.8) is 0 Å². The van der Waals surface area contributed by atoms with E-state index in [1.54, 1.807) is 0 Å². The first-order valence-electron chi connectivity index (χ1n) is 14.2. The quantitative estimate of drug-likeness (QED) is 0.368. The molecule has 0 aromatic carbocycles. The van der Waals surface area contributed by atoms with Gasteiger partial charge in [-0.2, -0.15) is 0 Å². The molecule has 0 bridgehead atoms. The van der Waals surface area contributed by atoms with Gasteiger partial charge in [0.05, 0.1) is 6.61 Å². The van der Waals surface area contributed by atoms with E-state index in [9.17, 15) is 0 Å². The molecule has 3 saturated heterocycles. The van der Waals surface area contributed by atoms with Gasteiger partial charge in [-0.1, -0.05) is 58.3 Å². The molecule has 2 saturated carbocycles. The summed E-state index contributed by atoms with van der Waals surface area (Å²) in [4.78, 5) is 0. The van der Waals surface area contributed by atoms with Crippen LogP contribution in [0.15, 0.2) is 0 Å². The van der Waals surface area contributed by atoms with Gasteiger partial charge in [0.2, 0.25) is 0 Å². The Morgan fingerprint density at radius 2 is 1.21 bits per heavy atom. The number of hydrogen-bond donors (Lipinski definition) is 0. The number of rotatable bonds is 10. The molecule has 5 fully saturated rings. The van der Waals surface area contributed by atoms with E-state index in [-0.39, 0.29) is 30.7 Å². The first kappa shape index (κ1) is 24.5. The molecule has 5 rings (SSSR count). The predicted molar refractivity (Wildman–Crippen MR) is 125 cm³/mol. The van der Waals surface area contributed by atoms with Gasteiger partial charge in [0.15, 0.2) is 17.9 Å². The lowest BCUT2D eigenvalue weighted by molar-refractivity contribution is -0.256. The van der Waals surface area contributed by atoms with Crippen LogP contribution in [-0.2, 0) is 28.4 Å². The highest BCUT2D eigenvalue weighted by Crippen LogP contribution is 2.50.